The molecular weight excluding hydrogens is 184 g/mol. The highest BCUT2D eigenvalue weighted by Gasteiger charge is 2.13. The third-order valence-electron chi connectivity index (χ3n) is 3.29. The number of hydrogen-bond acceptors (Lipinski definition) is 1. The molecule has 0 saturated carbocycles. The molecule has 2 unspecified atom stereocenters. The van der Waals surface area contributed by atoms with Crippen molar-refractivity contribution in [2.45, 2.75) is 46.0 Å². The van der Waals surface area contributed by atoms with Gasteiger partial charge in [-0.25, -0.2) is 0 Å². The van der Waals surface area contributed by atoms with Crippen molar-refractivity contribution in [3.05, 3.63) is 29.8 Å². The zero-order valence-electron chi connectivity index (χ0n) is 10.0. The maximum absolute atomic E-state index is 9.22. The Hall–Kier alpha value is -0.980. The van der Waals surface area contributed by atoms with E-state index in [4.69, 9.17) is 0 Å². The highest BCUT2D eigenvalue weighted by atomic mass is 16.3. The molecule has 0 aliphatic carbocycles. The summed E-state index contributed by atoms with van der Waals surface area (Å²) in [4.78, 5) is 0. The molecule has 1 aromatic carbocycles. The van der Waals surface area contributed by atoms with Gasteiger partial charge in [-0.05, 0) is 29.5 Å². The van der Waals surface area contributed by atoms with Gasteiger partial charge < -0.3 is 5.11 Å². The van der Waals surface area contributed by atoms with E-state index >= 15 is 0 Å². The second-order valence-corrected chi connectivity index (χ2v) is 4.50. The average molecular weight is 206 g/mol. The fourth-order valence-electron chi connectivity index (χ4n) is 1.88. The Bertz CT molecular complexity index is 276. The van der Waals surface area contributed by atoms with Crippen molar-refractivity contribution < 1.29 is 5.11 Å². The van der Waals surface area contributed by atoms with Crippen LogP contribution in [0.3, 0.4) is 0 Å². The van der Waals surface area contributed by atoms with Crippen molar-refractivity contribution in [2.24, 2.45) is 5.92 Å². The minimum atomic E-state index is 0.354. The monoisotopic (exact) mass is 206 g/mol. The van der Waals surface area contributed by atoms with Crippen LogP contribution in [0.1, 0.15) is 51.5 Å². The van der Waals surface area contributed by atoms with Crippen molar-refractivity contribution in [2.75, 3.05) is 0 Å². The SMILES string of the molecule is CCCCC(C)C(C)c1ccc(O)cc1. The Morgan fingerprint density at radius 1 is 1.13 bits per heavy atom. The quantitative estimate of drug-likeness (QED) is 0.760. The summed E-state index contributed by atoms with van der Waals surface area (Å²) in [5, 5.41) is 9.22. The molecule has 0 fully saturated rings. The summed E-state index contributed by atoms with van der Waals surface area (Å²) in [5.74, 6) is 1.65. The largest absolute Gasteiger partial charge is 0.508 e. The first-order chi connectivity index (χ1) is 7.15. The Labute approximate surface area is 93.1 Å². The van der Waals surface area contributed by atoms with Gasteiger partial charge in [0.25, 0.3) is 0 Å². The number of phenols is 1. The predicted molar refractivity (Wildman–Crippen MR) is 65.2 cm³/mol. The van der Waals surface area contributed by atoms with Crippen molar-refractivity contribution >= 4 is 0 Å². The summed E-state index contributed by atoms with van der Waals surface area (Å²) < 4.78 is 0. The predicted octanol–water partition coefficient (Wildman–Crippen LogP) is 4.32. The van der Waals surface area contributed by atoms with Crippen LogP contribution in [0, 0.1) is 5.92 Å². The molecule has 84 valence electrons. The van der Waals surface area contributed by atoms with Crippen LogP contribution in [-0.2, 0) is 0 Å². The van der Waals surface area contributed by atoms with Gasteiger partial charge in [-0.1, -0.05) is 52.2 Å². The van der Waals surface area contributed by atoms with Crippen LogP contribution >= 0.6 is 0 Å². The first-order valence-electron chi connectivity index (χ1n) is 5.94. The topological polar surface area (TPSA) is 20.2 Å². The normalized spacial score (nSPS) is 14.9. The molecule has 1 rings (SSSR count). The zero-order chi connectivity index (χ0) is 11.3. The van der Waals surface area contributed by atoms with E-state index in [0.717, 1.165) is 5.92 Å². The lowest BCUT2D eigenvalue weighted by Crippen LogP contribution is -2.06. The molecule has 1 aromatic rings. The fraction of sp³-hybridized carbons (Fsp3) is 0.571. The Balaban J connectivity index is 2.59. The molecular formula is C14H22O. The third kappa shape index (κ3) is 3.58. The summed E-state index contributed by atoms with van der Waals surface area (Å²) >= 11 is 0. The van der Waals surface area contributed by atoms with Crippen LogP contribution in [0.25, 0.3) is 0 Å². The highest BCUT2D eigenvalue weighted by molar-refractivity contribution is 5.28. The lowest BCUT2D eigenvalue weighted by Gasteiger charge is -2.20. The van der Waals surface area contributed by atoms with Crippen LogP contribution in [-0.4, -0.2) is 5.11 Å². The van der Waals surface area contributed by atoms with Gasteiger partial charge in [-0.2, -0.15) is 0 Å². The van der Waals surface area contributed by atoms with Gasteiger partial charge >= 0.3 is 0 Å². The van der Waals surface area contributed by atoms with E-state index in [9.17, 15) is 5.11 Å². The maximum atomic E-state index is 9.22. The maximum Gasteiger partial charge on any atom is 0.115 e. The number of benzene rings is 1. The Kier molecular flexibility index (Phi) is 4.67. The van der Waals surface area contributed by atoms with Crippen LogP contribution in [0.15, 0.2) is 24.3 Å². The number of phenolic OH excluding ortho intramolecular Hbond substituents is 1. The number of hydrogen-bond donors (Lipinski definition) is 1. The molecule has 0 amide bonds. The molecule has 0 aliphatic rings. The first kappa shape index (κ1) is 12.1. The second-order valence-electron chi connectivity index (χ2n) is 4.50. The molecule has 0 saturated heterocycles. The van der Waals surface area contributed by atoms with Crippen molar-refractivity contribution in [3.8, 4) is 5.75 Å². The Morgan fingerprint density at radius 3 is 2.27 bits per heavy atom. The summed E-state index contributed by atoms with van der Waals surface area (Å²) in [6.07, 6.45) is 3.87. The molecule has 0 aliphatic heterocycles. The fourth-order valence-corrected chi connectivity index (χ4v) is 1.88. The van der Waals surface area contributed by atoms with E-state index < -0.39 is 0 Å². The van der Waals surface area contributed by atoms with Crippen LogP contribution < -0.4 is 0 Å². The molecule has 0 heterocycles. The summed E-state index contributed by atoms with van der Waals surface area (Å²) in [6.45, 7) is 6.82. The minimum Gasteiger partial charge on any atom is -0.508 e. The molecule has 0 radical (unpaired) electrons. The number of aromatic hydroxyl groups is 1. The molecule has 2 atom stereocenters. The van der Waals surface area contributed by atoms with Crippen molar-refractivity contribution in [1.29, 1.82) is 0 Å². The molecule has 0 bridgehead atoms. The van der Waals surface area contributed by atoms with Gasteiger partial charge in [0.1, 0.15) is 5.75 Å². The van der Waals surface area contributed by atoms with E-state index in [0.29, 0.717) is 11.7 Å². The molecule has 1 N–H and O–H groups in total. The van der Waals surface area contributed by atoms with E-state index in [-0.39, 0.29) is 0 Å². The standard InChI is InChI=1S/C14H22O/c1-4-5-6-11(2)12(3)13-7-9-14(15)10-8-13/h7-12,15H,4-6H2,1-3H3. The van der Waals surface area contributed by atoms with Gasteiger partial charge in [0.2, 0.25) is 0 Å². The molecule has 1 nitrogen and oxygen atoms in total. The smallest absolute Gasteiger partial charge is 0.115 e. The molecule has 0 spiro atoms. The van der Waals surface area contributed by atoms with E-state index in [1.165, 1.54) is 24.8 Å². The van der Waals surface area contributed by atoms with E-state index in [1.54, 1.807) is 12.1 Å². The summed E-state index contributed by atoms with van der Waals surface area (Å²) in [5.41, 5.74) is 1.33. The highest BCUT2D eigenvalue weighted by Crippen LogP contribution is 2.28. The average Bonchev–Trinajstić information content (AvgIpc) is 2.26. The van der Waals surface area contributed by atoms with Crippen LogP contribution in [0.4, 0.5) is 0 Å². The van der Waals surface area contributed by atoms with Gasteiger partial charge in [0.05, 0.1) is 0 Å². The molecule has 1 heteroatoms. The van der Waals surface area contributed by atoms with Crippen molar-refractivity contribution in [1.82, 2.24) is 0 Å². The Morgan fingerprint density at radius 2 is 1.73 bits per heavy atom. The van der Waals surface area contributed by atoms with E-state index in [2.05, 4.69) is 20.8 Å². The third-order valence-corrected chi connectivity index (χ3v) is 3.29. The minimum absolute atomic E-state index is 0.354. The van der Waals surface area contributed by atoms with Gasteiger partial charge in [-0.3, -0.25) is 0 Å². The second kappa shape index (κ2) is 5.79. The number of rotatable bonds is 5. The summed E-state index contributed by atoms with van der Waals surface area (Å²) in [6, 6.07) is 7.61. The number of unbranched alkanes of at least 4 members (excludes halogenated alkanes) is 1. The molecule has 0 aromatic heterocycles. The summed E-state index contributed by atoms with van der Waals surface area (Å²) in [7, 11) is 0. The lowest BCUT2D eigenvalue weighted by molar-refractivity contribution is 0.435. The van der Waals surface area contributed by atoms with Crippen molar-refractivity contribution in [3.63, 3.8) is 0 Å². The van der Waals surface area contributed by atoms with Gasteiger partial charge in [0.15, 0.2) is 0 Å². The van der Waals surface area contributed by atoms with E-state index in [1.807, 2.05) is 12.1 Å². The van der Waals surface area contributed by atoms with Crippen LogP contribution in [0.2, 0.25) is 0 Å². The molecule has 15 heavy (non-hydrogen) atoms. The zero-order valence-corrected chi connectivity index (χ0v) is 10.0. The van der Waals surface area contributed by atoms with Gasteiger partial charge in [-0.15, -0.1) is 0 Å². The lowest BCUT2D eigenvalue weighted by atomic mass is 9.86. The van der Waals surface area contributed by atoms with Crippen LogP contribution in [0.5, 0.6) is 5.75 Å². The van der Waals surface area contributed by atoms with Gasteiger partial charge in [0, 0.05) is 0 Å². The first-order valence-corrected chi connectivity index (χ1v) is 5.94.